The van der Waals surface area contributed by atoms with Crippen LogP contribution in [0.2, 0.25) is 0 Å². The van der Waals surface area contributed by atoms with E-state index in [0.29, 0.717) is 22.9 Å². The summed E-state index contributed by atoms with van der Waals surface area (Å²) in [4.78, 5) is 30.4. The molecule has 0 spiro atoms. The number of carbonyl (C=O) groups is 2. The van der Waals surface area contributed by atoms with E-state index in [1.165, 1.54) is 23.5 Å². The van der Waals surface area contributed by atoms with Crippen LogP contribution < -0.4 is 5.32 Å². The second kappa shape index (κ2) is 12.1. The summed E-state index contributed by atoms with van der Waals surface area (Å²) >= 11 is 1.31. The van der Waals surface area contributed by atoms with E-state index in [1.54, 1.807) is 24.4 Å². The normalized spacial score (nSPS) is 13.0. The van der Waals surface area contributed by atoms with Crippen LogP contribution in [0.1, 0.15) is 44.4 Å². The van der Waals surface area contributed by atoms with Crippen molar-refractivity contribution in [1.29, 1.82) is 0 Å². The van der Waals surface area contributed by atoms with Crippen LogP contribution in [0, 0.1) is 0 Å². The number of aromatic nitrogens is 1. The number of hydrogen-bond donors (Lipinski definition) is 1. The quantitative estimate of drug-likeness (QED) is 0.325. The third kappa shape index (κ3) is 6.92. The van der Waals surface area contributed by atoms with Crippen molar-refractivity contribution < 1.29 is 27.5 Å². The van der Waals surface area contributed by atoms with E-state index in [4.69, 9.17) is 9.47 Å². The molecule has 2 aromatic carbocycles. The Balaban J connectivity index is 1.74. The number of ether oxygens (including phenoxy) is 2. The molecular weight excluding hydrogens is 500 g/mol. The Kier molecular flexibility index (Phi) is 9.22. The van der Waals surface area contributed by atoms with Gasteiger partial charge in [0, 0.05) is 23.7 Å². The molecule has 0 aliphatic heterocycles. The van der Waals surface area contributed by atoms with Crippen molar-refractivity contribution in [2.75, 3.05) is 18.2 Å². The average molecular weight is 531 g/mol. The molecule has 0 fully saturated rings. The third-order valence-corrected chi connectivity index (χ3v) is 7.68. The van der Waals surface area contributed by atoms with Crippen molar-refractivity contribution in [3.05, 3.63) is 71.2 Å². The molecule has 0 radical (unpaired) electrons. The molecule has 1 unspecified atom stereocenters. The van der Waals surface area contributed by atoms with Gasteiger partial charge < -0.3 is 14.8 Å². The standard InChI is InChI=1S/C26H30N2O6S2/c1-4-26(24(30)33-5-2,16-15-23(29)34-17-19-9-7-6-8-10-19)22-18-35-25(28-22)27-20-11-13-21(14-12-20)36(3,31)32/h6-14,18H,4-5,15-17H2,1-3H3,(H,27,28). The second-order valence-electron chi connectivity index (χ2n) is 8.26. The first kappa shape index (κ1) is 27.3. The molecule has 0 amide bonds. The number of rotatable bonds is 12. The molecule has 0 aliphatic rings. The summed E-state index contributed by atoms with van der Waals surface area (Å²) in [5.74, 6) is -0.835. The van der Waals surface area contributed by atoms with Gasteiger partial charge in [-0.1, -0.05) is 37.3 Å². The van der Waals surface area contributed by atoms with Crippen LogP contribution >= 0.6 is 11.3 Å². The summed E-state index contributed by atoms with van der Waals surface area (Å²) in [7, 11) is -3.29. The summed E-state index contributed by atoms with van der Waals surface area (Å²) in [6.45, 7) is 3.98. The highest BCUT2D eigenvalue weighted by Gasteiger charge is 2.42. The Morgan fingerprint density at radius 2 is 1.72 bits per heavy atom. The van der Waals surface area contributed by atoms with E-state index >= 15 is 0 Å². The lowest BCUT2D eigenvalue weighted by atomic mass is 9.78. The van der Waals surface area contributed by atoms with Gasteiger partial charge in [-0.2, -0.15) is 0 Å². The average Bonchev–Trinajstić information content (AvgIpc) is 3.33. The number of sulfone groups is 1. The maximum atomic E-state index is 13.1. The predicted octanol–water partition coefficient (Wildman–Crippen LogP) is 5.02. The highest BCUT2D eigenvalue weighted by atomic mass is 32.2. The summed E-state index contributed by atoms with van der Waals surface area (Å²) in [6, 6.07) is 15.7. The first-order valence-corrected chi connectivity index (χ1v) is 14.3. The van der Waals surface area contributed by atoms with Crippen LogP contribution in [-0.4, -0.2) is 38.2 Å². The van der Waals surface area contributed by atoms with Crippen LogP contribution in [0.25, 0.3) is 0 Å². The van der Waals surface area contributed by atoms with E-state index in [2.05, 4.69) is 10.3 Å². The van der Waals surface area contributed by atoms with Crippen LogP contribution in [0.3, 0.4) is 0 Å². The van der Waals surface area contributed by atoms with Crippen LogP contribution in [0.4, 0.5) is 10.8 Å². The summed E-state index contributed by atoms with van der Waals surface area (Å²) < 4.78 is 34.1. The van der Waals surface area contributed by atoms with Gasteiger partial charge in [0.15, 0.2) is 15.0 Å². The molecule has 1 aromatic heterocycles. The Labute approximate surface area is 215 Å². The van der Waals surface area contributed by atoms with Crippen molar-refractivity contribution >= 4 is 43.9 Å². The van der Waals surface area contributed by atoms with E-state index < -0.39 is 27.2 Å². The zero-order valence-corrected chi connectivity index (χ0v) is 22.2. The predicted molar refractivity (Wildman–Crippen MR) is 139 cm³/mol. The number of carbonyl (C=O) groups excluding carboxylic acids is 2. The Morgan fingerprint density at radius 1 is 1.03 bits per heavy atom. The minimum atomic E-state index is -3.29. The van der Waals surface area contributed by atoms with Gasteiger partial charge in [-0.3, -0.25) is 9.59 Å². The minimum absolute atomic E-state index is 0.0345. The van der Waals surface area contributed by atoms with Gasteiger partial charge in [0.2, 0.25) is 0 Å². The first-order chi connectivity index (χ1) is 17.2. The van der Waals surface area contributed by atoms with Crippen molar-refractivity contribution in [3.8, 4) is 0 Å². The van der Waals surface area contributed by atoms with Crippen molar-refractivity contribution in [3.63, 3.8) is 0 Å². The van der Waals surface area contributed by atoms with E-state index in [0.717, 1.165) is 11.8 Å². The maximum absolute atomic E-state index is 13.1. The fraction of sp³-hybridized carbons (Fsp3) is 0.346. The number of hydrogen-bond acceptors (Lipinski definition) is 9. The molecule has 10 heteroatoms. The molecule has 0 saturated carbocycles. The fourth-order valence-electron chi connectivity index (χ4n) is 3.69. The highest BCUT2D eigenvalue weighted by molar-refractivity contribution is 7.90. The lowest BCUT2D eigenvalue weighted by molar-refractivity contribution is -0.152. The summed E-state index contributed by atoms with van der Waals surface area (Å²) in [5.41, 5.74) is 0.960. The molecule has 1 atom stereocenters. The number of thiazole rings is 1. The summed E-state index contributed by atoms with van der Waals surface area (Å²) in [5, 5.41) is 5.46. The monoisotopic (exact) mass is 530 g/mol. The number of nitrogens with one attached hydrogen (secondary N) is 1. The number of esters is 2. The Bertz CT molecular complexity index is 1270. The number of anilines is 2. The molecule has 192 valence electrons. The van der Waals surface area contributed by atoms with E-state index in [1.807, 2.05) is 37.3 Å². The minimum Gasteiger partial charge on any atom is -0.465 e. The van der Waals surface area contributed by atoms with Gasteiger partial charge in [0.05, 0.1) is 17.2 Å². The second-order valence-corrected chi connectivity index (χ2v) is 11.1. The third-order valence-electron chi connectivity index (χ3n) is 5.80. The molecule has 1 N–H and O–H groups in total. The fourth-order valence-corrected chi connectivity index (χ4v) is 5.15. The molecular formula is C26H30N2O6S2. The van der Waals surface area contributed by atoms with Gasteiger partial charge in [-0.05, 0) is 49.6 Å². The van der Waals surface area contributed by atoms with Gasteiger partial charge in [-0.15, -0.1) is 11.3 Å². The topological polar surface area (TPSA) is 112 Å². The van der Waals surface area contributed by atoms with Gasteiger partial charge in [0.25, 0.3) is 0 Å². The zero-order valence-electron chi connectivity index (χ0n) is 20.5. The highest BCUT2D eigenvalue weighted by Crippen LogP contribution is 2.37. The molecule has 1 heterocycles. The Morgan fingerprint density at radius 3 is 2.33 bits per heavy atom. The largest absolute Gasteiger partial charge is 0.465 e. The molecule has 36 heavy (non-hydrogen) atoms. The first-order valence-electron chi connectivity index (χ1n) is 11.6. The molecule has 0 saturated heterocycles. The van der Waals surface area contributed by atoms with Gasteiger partial charge >= 0.3 is 11.9 Å². The lowest BCUT2D eigenvalue weighted by Gasteiger charge is -2.28. The SMILES string of the molecule is CCOC(=O)C(CC)(CCC(=O)OCc1ccccc1)c1csc(Nc2ccc(S(C)(=O)=O)cc2)n1. The van der Waals surface area contributed by atoms with Gasteiger partial charge in [-0.25, -0.2) is 13.4 Å². The van der Waals surface area contributed by atoms with Crippen LogP contribution in [0.5, 0.6) is 0 Å². The van der Waals surface area contributed by atoms with Gasteiger partial charge in [0.1, 0.15) is 12.0 Å². The zero-order chi connectivity index (χ0) is 26.2. The lowest BCUT2D eigenvalue weighted by Crippen LogP contribution is -2.38. The van der Waals surface area contributed by atoms with Crippen molar-refractivity contribution in [2.45, 2.75) is 50.0 Å². The van der Waals surface area contributed by atoms with Crippen LogP contribution in [0.15, 0.2) is 64.9 Å². The molecule has 0 bridgehead atoms. The molecule has 0 aliphatic carbocycles. The maximum Gasteiger partial charge on any atom is 0.318 e. The summed E-state index contributed by atoms with van der Waals surface area (Å²) in [6.07, 6.45) is 1.78. The van der Waals surface area contributed by atoms with E-state index in [9.17, 15) is 18.0 Å². The van der Waals surface area contributed by atoms with Crippen molar-refractivity contribution in [1.82, 2.24) is 4.98 Å². The molecule has 8 nitrogen and oxygen atoms in total. The Hall–Kier alpha value is -3.24. The van der Waals surface area contributed by atoms with Crippen LogP contribution in [-0.2, 0) is 40.9 Å². The number of nitrogens with zero attached hydrogens (tertiary/aromatic N) is 1. The molecule has 3 aromatic rings. The number of benzene rings is 2. The molecule has 3 rings (SSSR count). The van der Waals surface area contributed by atoms with E-state index in [-0.39, 0.29) is 31.0 Å². The van der Waals surface area contributed by atoms with Crippen molar-refractivity contribution in [2.24, 2.45) is 0 Å². The smallest absolute Gasteiger partial charge is 0.318 e.